The van der Waals surface area contributed by atoms with Gasteiger partial charge in [-0.05, 0) is 29.7 Å². The fourth-order valence-corrected chi connectivity index (χ4v) is 2.35. The highest BCUT2D eigenvalue weighted by atomic mass is 16.6. The molecule has 0 amide bonds. The molecule has 0 saturated heterocycles. The Balaban J connectivity index is 2.09. The molecule has 3 N–H and O–H groups in total. The van der Waals surface area contributed by atoms with E-state index in [1.165, 1.54) is 12.1 Å². The number of benzene rings is 2. The summed E-state index contributed by atoms with van der Waals surface area (Å²) in [7, 11) is 0. The number of rotatable bonds is 8. The molecule has 0 spiro atoms. The Morgan fingerprint density at radius 3 is 2.17 bits per heavy atom. The van der Waals surface area contributed by atoms with Gasteiger partial charge in [0.15, 0.2) is 0 Å². The molecule has 0 fully saturated rings. The van der Waals surface area contributed by atoms with Crippen LogP contribution in [0.25, 0.3) is 0 Å². The first kappa shape index (κ1) is 17.4. The van der Waals surface area contributed by atoms with Gasteiger partial charge in [-0.3, -0.25) is 14.9 Å². The predicted molar refractivity (Wildman–Crippen MR) is 87.3 cm³/mol. The summed E-state index contributed by atoms with van der Waals surface area (Å²) in [6.07, 6.45) is -1.03. The van der Waals surface area contributed by atoms with Gasteiger partial charge >= 0.3 is 5.97 Å². The summed E-state index contributed by atoms with van der Waals surface area (Å²) in [5.74, 6) is -1.09. The number of hydrogen-bond donors (Lipinski definition) is 3. The molecule has 0 bridgehead atoms. The van der Waals surface area contributed by atoms with Crippen LogP contribution in [0.1, 0.15) is 11.1 Å². The van der Waals surface area contributed by atoms with Crippen LogP contribution in [0.2, 0.25) is 0 Å². The summed E-state index contributed by atoms with van der Waals surface area (Å²) in [6, 6.07) is 13.8. The van der Waals surface area contributed by atoms with Crippen molar-refractivity contribution in [1.29, 1.82) is 0 Å². The van der Waals surface area contributed by atoms with Crippen LogP contribution in [0.5, 0.6) is 5.75 Å². The van der Waals surface area contributed by atoms with E-state index in [1.54, 1.807) is 36.4 Å². The van der Waals surface area contributed by atoms with Gasteiger partial charge in [-0.25, -0.2) is 5.32 Å². The lowest BCUT2D eigenvalue weighted by molar-refractivity contribution is -0.529. The van der Waals surface area contributed by atoms with Crippen molar-refractivity contribution in [3.63, 3.8) is 0 Å². The molecule has 0 aliphatic carbocycles. The number of carboxylic acids is 1. The number of aromatic hydroxyl groups is 1. The minimum atomic E-state index is -1.20. The molecule has 24 heavy (non-hydrogen) atoms. The largest absolute Gasteiger partial charge is 0.508 e. The fourth-order valence-electron chi connectivity index (χ4n) is 2.35. The highest BCUT2D eigenvalue weighted by Crippen LogP contribution is 2.12. The lowest BCUT2D eigenvalue weighted by Gasteiger charge is -2.18. The summed E-state index contributed by atoms with van der Waals surface area (Å²) in [4.78, 5) is 22.2. The summed E-state index contributed by atoms with van der Waals surface area (Å²) in [5.41, 5.74) is 1.41. The van der Waals surface area contributed by atoms with E-state index in [2.05, 4.69) is 5.32 Å². The lowest BCUT2D eigenvalue weighted by atomic mass is 10.0. The van der Waals surface area contributed by atoms with Crippen LogP contribution in [-0.4, -0.2) is 33.3 Å². The smallest absolute Gasteiger partial charge is 0.321 e. The normalized spacial score (nSPS) is 13.2. The number of aliphatic carboxylic acids is 1. The minimum absolute atomic E-state index is 0.0748. The Labute approximate surface area is 138 Å². The van der Waals surface area contributed by atoms with Gasteiger partial charge in [0, 0.05) is 4.92 Å². The molecule has 0 aliphatic heterocycles. The van der Waals surface area contributed by atoms with Crippen LogP contribution in [0.3, 0.4) is 0 Å². The Hall–Kier alpha value is -2.93. The molecule has 126 valence electrons. The summed E-state index contributed by atoms with van der Waals surface area (Å²) in [5, 5.41) is 32.5. The fraction of sp³-hybridized carbons (Fsp3) is 0.235. The van der Waals surface area contributed by atoms with Crippen LogP contribution in [0.4, 0.5) is 0 Å². The van der Waals surface area contributed by atoms with Gasteiger partial charge in [0.05, 0.1) is 6.42 Å². The standard InChI is InChI=1S/C17H18N2O5/c20-14-8-6-13(7-9-14)10-15(17(21)22)18-16(19(23)24)11-12-4-2-1-3-5-12/h1-9,15-16,18,20H,10-11H2,(H,21,22). The molecule has 0 heterocycles. The first-order valence-electron chi connectivity index (χ1n) is 7.40. The zero-order valence-corrected chi connectivity index (χ0v) is 12.8. The van der Waals surface area contributed by atoms with Crippen molar-refractivity contribution in [2.24, 2.45) is 0 Å². The van der Waals surface area contributed by atoms with Gasteiger partial charge in [-0.2, -0.15) is 0 Å². The summed E-state index contributed by atoms with van der Waals surface area (Å²) >= 11 is 0. The third-order valence-corrected chi connectivity index (χ3v) is 3.59. The zero-order valence-electron chi connectivity index (χ0n) is 12.8. The first-order chi connectivity index (χ1) is 11.5. The van der Waals surface area contributed by atoms with E-state index >= 15 is 0 Å². The maximum absolute atomic E-state index is 11.4. The van der Waals surface area contributed by atoms with Gasteiger partial charge < -0.3 is 10.2 Å². The van der Waals surface area contributed by atoms with E-state index in [-0.39, 0.29) is 18.6 Å². The molecule has 7 heteroatoms. The van der Waals surface area contributed by atoms with E-state index < -0.39 is 23.1 Å². The van der Waals surface area contributed by atoms with E-state index in [4.69, 9.17) is 0 Å². The van der Waals surface area contributed by atoms with Crippen LogP contribution in [0.15, 0.2) is 54.6 Å². The molecule has 2 unspecified atom stereocenters. The van der Waals surface area contributed by atoms with Gasteiger partial charge in [-0.1, -0.05) is 42.5 Å². The third kappa shape index (κ3) is 5.06. The Morgan fingerprint density at radius 1 is 1.04 bits per heavy atom. The number of phenolic OH excluding ortho intramolecular Hbond substituents is 1. The van der Waals surface area contributed by atoms with E-state index in [1.807, 2.05) is 6.07 Å². The molecule has 0 aliphatic rings. The van der Waals surface area contributed by atoms with Crippen molar-refractivity contribution in [2.75, 3.05) is 0 Å². The van der Waals surface area contributed by atoms with Gasteiger partial charge in [0.1, 0.15) is 11.8 Å². The Kier molecular flexibility index (Phi) is 5.86. The number of nitro groups is 1. The molecule has 0 saturated carbocycles. The third-order valence-electron chi connectivity index (χ3n) is 3.59. The highest BCUT2D eigenvalue weighted by Gasteiger charge is 2.28. The molecule has 2 rings (SSSR count). The maximum atomic E-state index is 11.4. The van der Waals surface area contributed by atoms with Crippen molar-refractivity contribution in [1.82, 2.24) is 5.32 Å². The molecule has 0 aromatic heterocycles. The Bertz CT molecular complexity index is 688. The number of phenols is 1. The second-order valence-electron chi connectivity index (χ2n) is 5.42. The molecule has 0 radical (unpaired) electrons. The molecule has 2 atom stereocenters. The predicted octanol–water partition coefficient (Wildman–Crippen LogP) is 1.82. The highest BCUT2D eigenvalue weighted by molar-refractivity contribution is 5.74. The zero-order chi connectivity index (χ0) is 17.5. The average Bonchev–Trinajstić information content (AvgIpc) is 2.56. The number of nitrogens with one attached hydrogen (secondary N) is 1. The van der Waals surface area contributed by atoms with Crippen molar-refractivity contribution in [3.05, 3.63) is 75.8 Å². The van der Waals surface area contributed by atoms with E-state index in [9.17, 15) is 25.1 Å². The topological polar surface area (TPSA) is 113 Å². The van der Waals surface area contributed by atoms with Crippen molar-refractivity contribution in [3.8, 4) is 5.75 Å². The van der Waals surface area contributed by atoms with Crippen LogP contribution in [-0.2, 0) is 17.6 Å². The molecule has 2 aromatic carbocycles. The quantitative estimate of drug-likeness (QED) is 0.387. The number of nitrogens with zero attached hydrogens (tertiary/aromatic N) is 1. The van der Waals surface area contributed by atoms with Crippen LogP contribution in [0, 0.1) is 10.1 Å². The van der Waals surface area contributed by atoms with Crippen LogP contribution < -0.4 is 5.32 Å². The molecular weight excluding hydrogens is 312 g/mol. The van der Waals surface area contributed by atoms with E-state index in [0.29, 0.717) is 5.56 Å². The van der Waals surface area contributed by atoms with Gasteiger partial charge in [0.2, 0.25) is 0 Å². The number of carboxylic acid groups (broad SMARTS) is 1. The van der Waals surface area contributed by atoms with Crippen LogP contribution >= 0.6 is 0 Å². The van der Waals surface area contributed by atoms with Gasteiger partial charge in [0.25, 0.3) is 6.17 Å². The average molecular weight is 330 g/mol. The van der Waals surface area contributed by atoms with E-state index in [0.717, 1.165) is 5.56 Å². The first-order valence-corrected chi connectivity index (χ1v) is 7.40. The number of hydrogen-bond acceptors (Lipinski definition) is 5. The SMILES string of the molecule is O=C(O)C(Cc1ccc(O)cc1)NC(Cc1ccccc1)[N+](=O)[O-]. The maximum Gasteiger partial charge on any atom is 0.321 e. The second-order valence-corrected chi connectivity index (χ2v) is 5.42. The number of carbonyl (C=O) groups is 1. The monoisotopic (exact) mass is 330 g/mol. The Morgan fingerprint density at radius 2 is 1.62 bits per heavy atom. The minimum Gasteiger partial charge on any atom is -0.508 e. The molecule has 2 aromatic rings. The van der Waals surface area contributed by atoms with Gasteiger partial charge in [-0.15, -0.1) is 0 Å². The molecular formula is C17H18N2O5. The second kappa shape index (κ2) is 8.07. The van der Waals surface area contributed by atoms with Crippen molar-refractivity contribution < 1.29 is 19.9 Å². The molecule has 7 nitrogen and oxygen atoms in total. The van der Waals surface area contributed by atoms with Crippen molar-refractivity contribution >= 4 is 5.97 Å². The summed E-state index contributed by atoms with van der Waals surface area (Å²) in [6.45, 7) is 0. The van der Waals surface area contributed by atoms with Crippen molar-refractivity contribution in [2.45, 2.75) is 25.0 Å². The summed E-state index contributed by atoms with van der Waals surface area (Å²) < 4.78 is 0. The lowest BCUT2D eigenvalue weighted by Crippen LogP contribution is -2.49.